The first-order valence-corrected chi connectivity index (χ1v) is 6.94. The average Bonchev–Trinajstić information content (AvgIpc) is 2.38. The Morgan fingerprint density at radius 3 is 2.55 bits per heavy atom. The maximum absolute atomic E-state index is 8.70. The zero-order chi connectivity index (χ0) is 14.8. The fraction of sp³-hybridized carbons (Fsp3) is 0.500. The quantitative estimate of drug-likeness (QED) is 0.292. The molecule has 0 bridgehead atoms. The van der Waals surface area contributed by atoms with Crippen LogP contribution in [0.4, 0.5) is 0 Å². The number of benzene rings is 1. The van der Waals surface area contributed by atoms with E-state index in [2.05, 4.69) is 31.1 Å². The molecule has 1 N–H and O–H groups in total. The Bertz CT molecular complexity index is 455. The zero-order valence-corrected chi connectivity index (χ0v) is 12.5. The average molecular weight is 273 g/mol. The molecule has 1 rings (SSSR count). The van der Waals surface area contributed by atoms with E-state index in [4.69, 9.17) is 10.00 Å². The molecule has 108 valence electrons. The molecular weight excluding hydrogens is 250 g/mol. The number of nitrogens with one attached hydrogen (secondary N) is 1. The van der Waals surface area contributed by atoms with Gasteiger partial charge in [-0.05, 0) is 30.4 Å². The SMILES string of the molecule is CC(C)(C)CCCCN=C(NC#N)Oc1ccccc1. The Morgan fingerprint density at radius 2 is 1.95 bits per heavy atom. The highest BCUT2D eigenvalue weighted by Crippen LogP contribution is 2.21. The van der Waals surface area contributed by atoms with Gasteiger partial charge in [-0.3, -0.25) is 0 Å². The molecule has 0 amide bonds. The van der Waals surface area contributed by atoms with Gasteiger partial charge >= 0.3 is 6.02 Å². The zero-order valence-electron chi connectivity index (χ0n) is 12.5. The molecule has 0 atom stereocenters. The highest BCUT2D eigenvalue weighted by Gasteiger charge is 2.08. The van der Waals surface area contributed by atoms with Gasteiger partial charge in [-0.2, -0.15) is 5.26 Å². The van der Waals surface area contributed by atoms with Gasteiger partial charge in [-0.1, -0.05) is 45.4 Å². The molecule has 0 saturated carbocycles. The minimum Gasteiger partial charge on any atom is -0.425 e. The van der Waals surface area contributed by atoms with Crippen LogP contribution in [0.3, 0.4) is 0 Å². The lowest BCUT2D eigenvalue weighted by atomic mass is 9.90. The van der Waals surface area contributed by atoms with E-state index in [1.54, 1.807) is 0 Å². The smallest absolute Gasteiger partial charge is 0.303 e. The van der Waals surface area contributed by atoms with Crippen molar-refractivity contribution in [2.24, 2.45) is 10.4 Å². The molecule has 0 radical (unpaired) electrons. The van der Waals surface area contributed by atoms with E-state index in [1.807, 2.05) is 36.5 Å². The van der Waals surface area contributed by atoms with E-state index in [9.17, 15) is 0 Å². The summed E-state index contributed by atoms with van der Waals surface area (Å²) in [5, 5.41) is 11.2. The molecule has 0 aliphatic heterocycles. The van der Waals surface area contributed by atoms with Crippen molar-refractivity contribution >= 4 is 6.02 Å². The molecule has 0 fully saturated rings. The summed E-state index contributed by atoms with van der Waals surface area (Å²) in [5.74, 6) is 0.670. The van der Waals surface area contributed by atoms with Crippen molar-refractivity contribution in [3.63, 3.8) is 0 Å². The van der Waals surface area contributed by atoms with Crippen LogP contribution in [-0.2, 0) is 0 Å². The number of ether oxygens (including phenoxy) is 1. The van der Waals surface area contributed by atoms with E-state index in [1.165, 1.54) is 6.42 Å². The third kappa shape index (κ3) is 7.42. The van der Waals surface area contributed by atoms with E-state index in [-0.39, 0.29) is 6.02 Å². The Kier molecular flexibility index (Phi) is 6.58. The Balaban J connectivity index is 2.42. The molecule has 0 aliphatic rings. The molecule has 0 unspecified atom stereocenters. The predicted molar refractivity (Wildman–Crippen MR) is 81.4 cm³/mol. The normalized spacial score (nSPS) is 11.8. The van der Waals surface area contributed by atoms with Crippen molar-refractivity contribution in [2.45, 2.75) is 40.0 Å². The highest BCUT2D eigenvalue weighted by molar-refractivity contribution is 5.77. The van der Waals surface area contributed by atoms with E-state index >= 15 is 0 Å². The van der Waals surface area contributed by atoms with Gasteiger partial charge in [0.2, 0.25) is 0 Å². The van der Waals surface area contributed by atoms with E-state index in [0.29, 0.717) is 17.7 Å². The molecule has 4 nitrogen and oxygen atoms in total. The summed E-state index contributed by atoms with van der Waals surface area (Å²) in [6.45, 7) is 7.36. The maximum Gasteiger partial charge on any atom is 0.303 e. The molecule has 0 aliphatic carbocycles. The number of unbranched alkanes of at least 4 members (excludes halogenated alkanes) is 1. The lowest BCUT2D eigenvalue weighted by Crippen LogP contribution is -2.24. The summed E-state index contributed by atoms with van der Waals surface area (Å²) < 4.78 is 5.52. The maximum atomic E-state index is 8.70. The van der Waals surface area contributed by atoms with Crippen LogP contribution in [0.15, 0.2) is 35.3 Å². The summed E-state index contributed by atoms with van der Waals surface area (Å²) in [4.78, 5) is 4.29. The van der Waals surface area contributed by atoms with Crippen molar-refractivity contribution in [3.05, 3.63) is 30.3 Å². The highest BCUT2D eigenvalue weighted by atomic mass is 16.5. The second-order valence-corrected chi connectivity index (χ2v) is 5.86. The molecular formula is C16H23N3O. The van der Waals surface area contributed by atoms with Crippen LogP contribution < -0.4 is 10.1 Å². The molecule has 20 heavy (non-hydrogen) atoms. The largest absolute Gasteiger partial charge is 0.425 e. The van der Waals surface area contributed by atoms with Crippen LogP contribution in [0.1, 0.15) is 40.0 Å². The number of rotatable bonds is 5. The topological polar surface area (TPSA) is 57.4 Å². The first-order valence-electron chi connectivity index (χ1n) is 6.94. The Morgan fingerprint density at radius 1 is 1.25 bits per heavy atom. The Labute approximate surface area is 121 Å². The molecule has 0 aromatic heterocycles. The number of para-hydroxylation sites is 1. The second-order valence-electron chi connectivity index (χ2n) is 5.86. The van der Waals surface area contributed by atoms with Crippen molar-refractivity contribution in [1.29, 1.82) is 5.26 Å². The van der Waals surface area contributed by atoms with E-state index in [0.717, 1.165) is 12.8 Å². The minimum absolute atomic E-state index is 0.259. The van der Waals surface area contributed by atoms with Crippen LogP contribution in [0.5, 0.6) is 5.75 Å². The van der Waals surface area contributed by atoms with Crippen molar-refractivity contribution in [3.8, 4) is 11.9 Å². The van der Waals surface area contributed by atoms with Crippen molar-refractivity contribution in [1.82, 2.24) is 5.32 Å². The lowest BCUT2D eigenvalue weighted by molar-refractivity contribution is 0.361. The summed E-state index contributed by atoms with van der Waals surface area (Å²) in [6.07, 6.45) is 5.13. The predicted octanol–water partition coefficient (Wildman–Crippen LogP) is 3.71. The van der Waals surface area contributed by atoms with Crippen LogP contribution >= 0.6 is 0 Å². The third-order valence-electron chi connectivity index (χ3n) is 2.71. The minimum atomic E-state index is 0.259. The number of nitriles is 1. The van der Waals surface area contributed by atoms with Gasteiger partial charge in [-0.15, -0.1) is 0 Å². The number of aliphatic imine (C=N–C) groups is 1. The van der Waals surface area contributed by atoms with Gasteiger partial charge in [0.15, 0.2) is 6.19 Å². The van der Waals surface area contributed by atoms with Gasteiger partial charge in [0, 0.05) is 6.54 Å². The van der Waals surface area contributed by atoms with Gasteiger partial charge in [0.1, 0.15) is 5.75 Å². The molecule has 0 saturated heterocycles. The molecule has 0 spiro atoms. The third-order valence-corrected chi connectivity index (χ3v) is 2.71. The monoisotopic (exact) mass is 273 g/mol. The van der Waals surface area contributed by atoms with Gasteiger partial charge in [-0.25, -0.2) is 10.3 Å². The summed E-state index contributed by atoms with van der Waals surface area (Å²) >= 11 is 0. The van der Waals surface area contributed by atoms with Gasteiger partial charge in [0.05, 0.1) is 0 Å². The van der Waals surface area contributed by atoms with Crippen LogP contribution in [0, 0.1) is 16.9 Å². The fourth-order valence-corrected chi connectivity index (χ4v) is 1.69. The molecule has 1 aromatic carbocycles. The second kappa shape index (κ2) is 8.21. The lowest BCUT2D eigenvalue weighted by Gasteiger charge is -2.17. The number of amidine groups is 1. The molecule has 1 aromatic rings. The summed E-state index contributed by atoms with van der Waals surface area (Å²) in [6, 6.07) is 9.58. The number of hydrogen-bond donors (Lipinski definition) is 1. The van der Waals surface area contributed by atoms with Gasteiger partial charge < -0.3 is 4.74 Å². The summed E-state index contributed by atoms with van der Waals surface area (Å²) in [5.41, 5.74) is 0.359. The van der Waals surface area contributed by atoms with Crippen LogP contribution in [0.2, 0.25) is 0 Å². The standard InChI is InChI=1S/C16H23N3O/c1-16(2,3)11-7-8-12-18-15(19-13-17)20-14-9-5-4-6-10-14/h4-6,9-10H,7-8,11-12H2,1-3H3,(H,18,19). The van der Waals surface area contributed by atoms with Crippen LogP contribution in [0.25, 0.3) is 0 Å². The number of hydrogen-bond acceptors (Lipinski definition) is 3. The fourth-order valence-electron chi connectivity index (χ4n) is 1.69. The number of nitrogens with zero attached hydrogens (tertiary/aromatic N) is 2. The Hall–Kier alpha value is -2.02. The van der Waals surface area contributed by atoms with Crippen molar-refractivity contribution in [2.75, 3.05) is 6.54 Å². The van der Waals surface area contributed by atoms with Crippen LogP contribution in [-0.4, -0.2) is 12.6 Å². The van der Waals surface area contributed by atoms with E-state index < -0.39 is 0 Å². The van der Waals surface area contributed by atoms with Gasteiger partial charge in [0.25, 0.3) is 0 Å². The molecule has 0 heterocycles. The van der Waals surface area contributed by atoms with Crippen molar-refractivity contribution < 1.29 is 4.74 Å². The first-order chi connectivity index (χ1) is 9.51. The first kappa shape index (κ1) is 16.0. The summed E-state index contributed by atoms with van der Waals surface area (Å²) in [7, 11) is 0. The molecule has 4 heteroatoms.